The van der Waals surface area contributed by atoms with Crippen molar-refractivity contribution in [3.05, 3.63) is 64.9 Å². The normalized spacial score (nSPS) is 20.3. The van der Waals surface area contributed by atoms with Gasteiger partial charge in [-0.05, 0) is 81.9 Å². The molecule has 4 aliphatic rings. The van der Waals surface area contributed by atoms with Gasteiger partial charge in [-0.2, -0.15) is 9.40 Å². The van der Waals surface area contributed by atoms with E-state index in [1.54, 1.807) is 0 Å². The molecular formula is C33H41F2N7O4S. The van der Waals surface area contributed by atoms with E-state index in [0.717, 1.165) is 66.6 Å². The number of carbonyl (C=O) groups excluding carboxylic acids is 1. The second-order valence-corrected chi connectivity index (χ2v) is 14.8. The van der Waals surface area contributed by atoms with Crippen LogP contribution in [0.25, 0.3) is 0 Å². The van der Waals surface area contributed by atoms with Crippen LogP contribution in [0.1, 0.15) is 60.1 Å². The molecule has 0 saturated carbocycles. The third-order valence-electron chi connectivity index (χ3n) is 9.92. The minimum absolute atomic E-state index is 0.0962. The third-order valence-corrected chi connectivity index (χ3v) is 11.7. The van der Waals surface area contributed by atoms with Crippen molar-refractivity contribution in [3.8, 4) is 0 Å². The zero-order valence-corrected chi connectivity index (χ0v) is 27.1. The topological polar surface area (TPSA) is 123 Å². The molecular weight excluding hydrogens is 628 g/mol. The number of anilines is 3. The van der Waals surface area contributed by atoms with E-state index in [4.69, 9.17) is 4.74 Å². The van der Waals surface area contributed by atoms with Crippen LogP contribution in [0, 0.1) is 11.6 Å². The SMILES string of the molecule is O=C(Nc1n[nH]c2c1CN(S(=O)(=O)c1cc(F)cc(F)c1)CC2)c1ccc(N2CCC(N3CCCC3)CC2)cc1NC1CCOCC1. The molecule has 3 N–H and O–H groups in total. The fourth-order valence-electron chi connectivity index (χ4n) is 7.28. The molecule has 0 bridgehead atoms. The smallest absolute Gasteiger partial charge is 0.258 e. The van der Waals surface area contributed by atoms with Gasteiger partial charge in [0.05, 0.1) is 10.5 Å². The summed E-state index contributed by atoms with van der Waals surface area (Å²) < 4.78 is 61.1. The standard InChI is InChI=1S/C33H41F2N7O4S/c34-22-17-23(35)19-27(18-22)47(44,45)42-14-7-30-29(21-42)32(39-38-30)37-33(43)28-4-3-26(20-31(28)36-24-8-15-46-16-9-24)41-12-5-25(6-13-41)40-10-1-2-11-40/h3-4,17-20,24-25,36H,1-2,5-16,21H2,(H2,37,38,39,43). The van der Waals surface area contributed by atoms with Crippen molar-refractivity contribution in [2.45, 2.75) is 68.5 Å². The Bertz CT molecular complexity index is 1700. The first-order valence-corrected chi connectivity index (χ1v) is 18.0. The molecule has 0 unspecified atom stereocenters. The Morgan fingerprint density at radius 2 is 1.66 bits per heavy atom. The summed E-state index contributed by atoms with van der Waals surface area (Å²) in [6, 6.07) is 8.94. The van der Waals surface area contributed by atoms with Crippen LogP contribution >= 0.6 is 0 Å². The van der Waals surface area contributed by atoms with Crippen LogP contribution in [0.4, 0.5) is 26.0 Å². The van der Waals surface area contributed by atoms with E-state index in [1.165, 1.54) is 25.9 Å². The van der Waals surface area contributed by atoms with Crippen LogP contribution in [0.3, 0.4) is 0 Å². The Morgan fingerprint density at radius 1 is 0.936 bits per heavy atom. The minimum atomic E-state index is -4.20. The number of piperidine rings is 1. The van der Waals surface area contributed by atoms with Gasteiger partial charge in [-0.25, -0.2) is 17.2 Å². The number of hydrogen-bond acceptors (Lipinski definition) is 8. The highest BCUT2D eigenvalue weighted by atomic mass is 32.2. The first kappa shape index (κ1) is 32.0. The third kappa shape index (κ3) is 6.87. The Labute approximate surface area is 273 Å². The van der Waals surface area contributed by atoms with Crippen LogP contribution in [-0.2, 0) is 27.7 Å². The molecule has 0 spiro atoms. The number of carbonyl (C=O) groups is 1. The summed E-state index contributed by atoms with van der Waals surface area (Å²) in [4.78, 5) is 18.4. The number of nitrogens with zero attached hydrogens (tertiary/aromatic N) is 4. The van der Waals surface area contributed by atoms with Crippen molar-refractivity contribution >= 4 is 33.1 Å². The second kappa shape index (κ2) is 13.5. The summed E-state index contributed by atoms with van der Waals surface area (Å²) in [5.74, 6) is -2.10. The number of H-pyrrole nitrogens is 1. The van der Waals surface area contributed by atoms with Crippen molar-refractivity contribution in [2.24, 2.45) is 0 Å². The Hall–Kier alpha value is -3.59. The maximum Gasteiger partial charge on any atom is 0.258 e. The van der Waals surface area contributed by atoms with Crippen LogP contribution < -0.4 is 15.5 Å². The highest BCUT2D eigenvalue weighted by molar-refractivity contribution is 7.89. The molecule has 0 atom stereocenters. The van der Waals surface area contributed by atoms with E-state index in [1.807, 2.05) is 12.1 Å². The summed E-state index contributed by atoms with van der Waals surface area (Å²) in [6.07, 6.45) is 6.79. The van der Waals surface area contributed by atoms with Gasteiger partial charge >= 0.3 is 0 Å². The fourth-order valence-corrected chi connectivity index (χ4v) is 8.74. The van der Waals surface area contributed by atoms with Gasteiger partial charge in [0.15, 0.2) is 5.82 Å². The largest absolute Gasteiger partial charge is 0.381 e. The molecule has 3 fully saturated rings. The molecule has 3 saturated heterocycles. The van der Waals surface area contributed by atoms with Crippen molar-refractivity contribution in [1.82, 2.24) is 19.4 Å². The average molecular weight is 670 g/mol. The van der Waals surface area contributed by atoms with Crippen molar-refractivity contribution in [3.63, 3.8) is 0 Å². The Kier molecular flexibility index (Phi) is 9.18. The van der Waals surface area contributed by atoms with Gasteiger partial charge in [-0.3, -0.25) is 9.89 Å². The number of sulfonamides is 1. The van der Waals surface area contributed by atoms with E-state index in [-0.39, 0.29) is 30.9 Å². The molecule has 47 heavy (non-hydrogen) atoms. The number of fused-ring (bicyclic) bond motifs is 1. The maximum atomic E-state index is 13.9. The number of nitrogens with one attached hydrogen (secondary N) is 3. The molecule has 11 nitrogen and oxygen atoms in total. The molecule has 5 heterocycles. The molecule has 3 aromatic rings. The quantitative estimate of drug-likeness (QED) is 0.324. The predicted octanol–water partition coefficient (Wildman–Crippen LogP) is 4.34. The lowest BCUT2D eigenvalue weighted by atomic mass is 10.0. The molecule has 0 aliphatic carbocycles. The van der Waals surface area contributed by atoms with Crippen LogP contribution in [0.5, 0.6) is 0 Å². The number of amides is 1. The molecule has 7 rings (SSSR count). The molecule has 2 aromatic carbocycles. The summed E-state index contributed by atoms with van der Waals surface area (Å²) >= 11 is 0. The second-order valence-electron chi connectivity index (χ2n) is 12.9. The van der Waals surface area contributed by atoms with Gasteiger partial charge in [0, 0.05) is 86.6 Å². The van der Waals surface area contributed by atoms with E-state index in [0.29, 0.717) is 48.6 Å². The van der Waals surface area contributed by atoms with Gasteiger partial charge in [0.1, 0.15) is 11.6 Å². The van der Waals surface area contributed by atoms with Gasteiger partial charge < -0.3 is 25.2 Å². The predicted molar refractivity (Wildman–Crippen MR) is 174 cm³/mol. The van der Waals surface area contributed by atoms with Gasteiger partial charge in [-0.15, -0.1) is 0 Å². The average Bonchev–Trinajstić information content (AvgIpc) is 3.76. The number of likely N-dealkylation sites (tertiary alicyclic amines) is 1. The Morgan fingerprint density at radius 3 is 2.38 bits per heavy atom. The zero-order chi connectivity index (χ0) is 32.5. The van der Waals surface area contributed by atoms with E-state index in [2.05, 4.69) is 36.7 Å². The molecule has 4 aliphatic heterocycles. The van der Waals surface area contributed by atoms with Crippen LogP contribution in [0.2, 0.25) is 0 Å². The lowest BCUT2D eigenvalue weighted by molar-refractivity contribution is 0.0904. The van der Waals surface area contributed by atoms with Crippen molar-refractivity contribution in [1.29, 1.82) is 0 Å². The number of hydrogen-bond donors (Lipinski definition) is 3. The summed E-state index contributed by atoms with van der Waals surface area (Å²) in [7, 11) is -4.20. The lowest BCUT2D eigenvalue weighted by Crippen LogP contribution is -2.43. The number of aromatic amines is 1. The van der Waals surface area contributed by atoms with E-state index >= 15 is 0 Å². The summed E-state index contributed by atoms with van der Waals surface area (Å²) in [5, 5.41) is 13.7. The summed E-state index contributed by atoms with van der Waals surface area (Å²) in [6.45, 7) is 5.63. The zero-order valence-electron chi connectivity index (χ0n) is 26.3. The van der Waals surface area contributed by atoms with Gasteiger partial charge in [0.25, 0.3) is 5.91 Å². The number of aromatic nitrogens is 2. The van der Waals surface area contributed by atoms with Gasteiger partial charge in [-0.1, -0.05) is 0 Å². The van der Waals surface area contributed by atoms with Crippen molar-refractivity contribution < 1.29 is 26.7 Å². The van der Waals surface area contributed by atoms with Crippen LogP contribution in [-0.4, -0.2) is 91.7 Å². The van der Waals surface area contributed by atoms with Gasteiger partial charge in [0.2, 0.25) is 10.0 Å². The maximum absolute atomic E-state index is 13.9. The van der Waals surface area contributed by atoms with Crippen molar-refractivity contribution in [2.75, 3.05) is 61.5 Å². The lowest BCUT2D eigenvalue weighted by Gasteiger charge is -2.38. The molecule has 0 radical (unpaired) electrons. The highest BCUT2D eigenvalue weighted by Gasteiger charge is 2.33. The van der Waals surface area contributed by atoms with E-state index in [9.17, 15) is 22.0 Å². The Balaban J connectivity index is 1.10. The monoisotopic (exact) mass is 669 g/mol. The fraction of sp³-hybridized carbons (Fsp3) is 0.515. The highest BCUT2D eigenvalue weighted by Crippen LogP contribution is 2.32. The number of benzene rings is 2. The number of rotatable bonds is 8. The molecule has 14 heteroatoms. The van der Waals surface area contributed by atoms with E-state index < -0.39 is 26.6 Å². The number of ether oxygens (including phenoxy) is 1. The molecule has 1 amide bonds. The number of halogens is 2. The minimum Gasteiger partial charge on any atom is -0.381 e. The summed E-state index contributed by atoms with van der Waals surface area (Å²) in [5.41, 5.74) is 3.48. The molecule has 1 aromatic heterocycles. The first-order valence-electron chi connectivity index (χ1n) is 16.6. The first-order chi connectivity index (χ1) is 22.7. The molecule has 252 valence electrons. The van der Waals surface area contributed by atoms with Crippen LogP contribution in [0.15, 0.2) is 41.3 Å².